The van der Waals surface area contributed by atoms with Gasteiger partial charge in [0.1, 0.15) is 0 Å². The maximum atomic E-state index is 5.92. The van der Waals surface area contributed by atoms with Crippen molar-refractivity contribution in [2.75, 3.05) is 0 Å². The lowest BCUT2D eigenvalue weighted by Gasteiger charge is -2.25. The molecule has 1 aliphatic rings. The summed E-state index contributed by atoms with van der Waals surface area (Å²) in [5, 5.41) is 0. The van der Waals surface area contributed by atoms with E-state index in [1.807, 2.05) is 6.92 Å². The van der Waals surface area contributed by atoms with Crippen LogP contribution in [0.4, 0.5) is 0 Å². The van der Waals surface area contributed by atoms with Gasteiger partial charge in [-0.15, -0.1) is 0 Å². The fourth-order valence-corrected chi connectivity index (χ4v) is 3.14. The second kappa shape index (κ2) is 5.22. The average Bonchev–Trinajstić information content (AvgIpc) is 2.88. The Kier molecular flexibility index (Phi) is 3.43. The van der Waals surface area contributed by atoms with E-state index in [4.69, 9.17) is 5.73 Å². The molecule has 0 saturated carbocycles. The molecule has 2 heteroatoms. The van der Waals surface area contributed by atoms with E-state index in [1.54, 1.807) is 11.1 Å². The number of hydrogen-bond donors (Lipinski definition) is 1. The van der Waals surface area contributed by atoms with E-state index in [-0.39, 0.29) is 6.04 Å². The van der Waals surface area contributed by atoms with E-state index in [1.165, 1.54) is 24.8 Å². The van der Waals surface area contributed by atoms with E-state index in [9.17, 15) is 0 Å². The number of rotatable bonds is 3. The van der Waals surface area contributed by atoms with E-state index < -0.39 is 0 Å². The fourth-order valence-electron chi connectivity index (χ4n) is 3.14. The second-order valence-electron chi connectivity index (χ2n) is 5.72. The number of fused-ring (bicyclic) bond motifs is 1. The van der Waals surface area contributed by atoms with Crippen LogP contribution in [0.5, 0.6) is 0 Å². The standard InChI is InChI=1S/C17H22N2/c1-13(18)15-9-10-19(11-15)12-16-7-4-6-14-5-2-3-8-17(14)16/h2-3,5,8-11,13,16H,4,6-7,12,18H2,1H3. The molecule has 0 amide bonds. The summed E-state index contributed by atoms with van der Waals surface area (Å²) in [7, 11) is 0. The number of nitrogens with zero attached hydrogens (tertiary/aromatic N) is 1. The summed E-state index contributed by atoms with van der Waals surface area (Å²) >= 11 is 0. The van der Waals surface area contributed by atoms with Crippen LogP contribution in [0.1, 0.15) is 48.4 Å². The Bertz CT molecular complexity index is 554. The van der Waals surface area contributed by atoms with Gasteiger partial charge in [0, 0.05) is 30.9 Å². The predicted octanol–water partition coefficient (Wildman–Crippen LogP) is 3.63. The summed E-state index contributed by atoms with van der Waals surface area (Å²) in [6, 6.07) is 11.2. The third kappa shape index (κ3) is 2.59. The highest BCUT2D eigenvalue weighted by atomic mass is 14.9. The first-order chi connectivity index (χ1) is 9.24. The molecule has 0 radical (unpaired) electrons. The summed E-state index contributed by atoms with van der Waals surface area (Å²) in [6.45, 7) is 3.11. The van der Waals surface area contributed by atoms with Gasteiger partial charge in [0.25, 0.3) is 0 Å². The smallest absolute Gasteiger partial charge is 0.0288 e. The van der Waals surface area contributed by atoms with Crippen molar-refractivity contribution in [3.8, 4) is 0 Å². The largest absolute Gasteiger partial charge is 0.353 e. The number of nitrogens with two attached hydrogens (primary N) is 1. The van der Waals surface area contributed by atoms with E-state index >= 15 is 0 Å². The summed E-state index contributed by atoms with van der Waals surface area (Å²) < 4.78 is 2.30. The van der Waals surface area contributed by atoms with Gasteiger partial charge in [-0.05, 0) is 48.9 Å². The van der Waals surface area contributed by atoms with Crippen molar-refractivity contribution in [1.29, 1.82) is 0 Å². The molecular formula is C17H22N2. The maximum absolute atomic E-state index is 5.92. The Morgan fingerprint density at radius 2 is 2.16 bits per heavy atom. The fraction of sp³-hybridized carbons (Fsp3) is 0.412. The van der Waals surface area contributed by atoms with Crippen LogP contribution in [0, 0.1) is 0 Å². The van der Waals surface area contributed by atoms with Gasteiger partial charge in [0.15, 0.2) is 0 Å². The quantitative estimate of drug-likeness (QED) is 0.891. The number of benzene rings is 1. The molecule has 0 spiro atoms. The monoisotopic (exact) mass is 254 g/mol. The van der Waals surface area contributed by atoms with E-state index in [0.717, 1.165) is 6.54 Å². The molecule has 1 aliphatic carbocycles. The number of aryl methyl sites for hydroxylation is 1. The molecule has 100 valence electrons. The Hall–Kier alpha value is -1.54. The van der Waals surface area contributed by atoms with Gasteiger partial charge in [0.2, 0.25) is 0 Å². The Morgan fingerprint density at radius 1 is 1.32 bits per heavy atom. The third-order valence-electron chi connectivity index (χ3n) is 4.22. The van der Waals surface area contributed by atoms with Crippen LogP contribution < -0.4 is 5.73 Å². The number of aromatic nitrogens is 1. The molecule has 1 aromatic carbocycles. The Morgan fingerprint density at radius 3 is 2.95 bits per heavy atom. The van der Waals surface area contributed by atoms with Crippen LogP contribution >= 0.6 is 0 Å². The molecule has 1 heterocycles. The Balaban J connectivity index is 1.80. The van der Waals surface area contributed by atoms with Crippen molar-refractivity contribution in [2.45, 2.75) is 44.7 Å². The van der Waals surface area contributed by atoms with Crippen LogP contribution in [0.15, 0.2) is 42.7 Å². The highest BCUT2D eigenvalue weighted by molar-refractivity contribution is 5.32. The van der Waals surface area contributed by atoms with Crippen LogP contribution in [0.25, 0.3) is 0 Å². The highest BCUT2D eigenvalue weighted by Crippen LogP contribution is 2.32. The summed E-state index contributed by atoms with van der Waals surface area (Å²) in [5.41, 5.74) is 10.2. The van der Waals surface area contributed by atoms with Gasteiger partial charge in [-0.1, -0.05) is 24.3 Å². The zero-order chi connectivity index (χ0) is 13.2. The van der Waals surface area contributed by atoms with Gasteiger partial charge in [0.05, 0.1) is 0 Å². The van der Waals surface area contributed by atoms with Crippen LogP contribution in [0.2, 0.25) is 0 Å². The minimum atomic E-state index is 0.125. The summed E-state index contributed by atoms with van der Waals surface area (Å²) in [6.07, 6.45) is 8.20. The molecule has 0 bridgehead atoms. The molecule has 1 aromatic heterocycles. The van der Waals surface area contributed by atoms with Crippen molar-refractivity contribution in [2.24, 2.45) is 5.73 Å². The lowest BCUT2D eigenvalue weighted by Crippen LogP contribution is -2.14. The molecule has 2 N–H and O–H groups in total. The first kappa shape index (κ1) is 12.5. The average molecular weight is 254 g/mol. The summed E-state index contributed by atoms with van der Waals surface area (Å²) in [4.78, 5) is 0. The Labute approximate surface area is 115 Å². The normalized spacial score (nSPS) is 20.0. The van der Waals surface area contributed by atoms with Gasteiger partial charge in [-0.2, -0.15) is 0 Å². The van der Waals surface area contributed by atoms with Crippen molar-refractivity contribution in [1.82, 2.24) is 4.57 Å². The molecule has 2 atom stereocenters. The molecule has 19 heavy (non-hydrogen) atoms. The van der Waals surface area contributed by atoms with Crippen LogP contribution in [-0.4, -0.2) is 4.57 Å². The van der Waals surface area contributed by atoms with Gasteiger partial charge < -0.3 is 10.3 Å². The minimum Gasteiger partial charge on any atom is -0.353 e. The lowest BCUT2D eigenvalue weighted by molar-refractivity contribution is 0.483. The first-order valence-electron chi connectivity index (χ1n) is 7.23. The third-order valence-corrected chi connectivity index (χ3v) is 4.22. The topological polar surface area (TPSA) is 30.9 Å². The molecule has 2 unspecified atom stereocenters. The van der Waals surface area contributed by atoms with Gasteiger partial charge in [-0.3, -0.25) is 0 Å². The van der Waals surface area contributed by atoms with Crippen molar-refractivity contribution < 1.29 is 0 Å². The summed E-state index contributed by atoms with van der Waals surface area (Å²) in [5.74, 6) is 0.651. The van der Waals surface area contributed by atoms with E-state index in [2.05, 4.69) is 47.3 Å². The predicted molar refractivity (Wildman–Crippen MR) is 79.2 cm³/mol. The zero-order valence-electron chi connectivity index (χ0n) is 11.5. The molecule has 0 saturated heterocycles. The van der Waals surface area contributed by atoms with Gasteiger partial charge >= 0.3 is 0 Å². The van der Waals surface area contributed by atoms with Crippen molar-refractivity contribution in [3.63, 3.8) is 0 Å². The van der Waals surface area contributed by atoms with Crippen molar-refractivity contribution >= 4 is 0 Å². The molecule has 0 fully saturated rings. The molecule has 0 aliphatic heterocycles. The molecule has 2 nitrogen and oxygen atoms in total. The van der Waals surface area contributed by atoms with E-state index in [0.29, 0.717) is 5.92 Å². The number of hydrogen-bond acceptors (Lipinski definition) is 1. The molecule has 2 aromatic rings. The van der Waals surface area contributed by atoms with Crippen LogP contribution in [0.3, 0.4) is 0 Å². The molecular weight excluding hydrogens is 232 g/mol. The van der Waals surface area contributed by atoms with Gasteiger partial charge in [-0.25, -0.2) is 0 Å². The van der Waals surface area contributed by atoms with Crippen molar-refractivity contribution in [3.05, 3.63) is 59.4 Å². The first-order valence-corrected chi connectivity index (χ1v) is 7.23. The SMILES string of the molecule is CC(N)c1ccn(CC2CCCc3ccccc32)c1. The highest BCUT2D eigenvalue weighted by Gasteiger charge is 2.20. The second-order valence-corrected chi connectivity index (χ2v) is 5.72. The van der Waals surface area contributed by atoms with Crippen LogP contribution in [-0.2, 0) is 13.0 Å². The zero-order valence-corrected chi connectivity index (χ0v) is 11.5. The maximum Gasteiger partial charge on any atom is 0.0288 e. The minimum absolute atomic E-state index is 0.125. The molecule has 3 rings (SSSR count). The lowest BCUT2D eigenvalue weighted by atomic mass is 9.83.